The van der Waals surface area contributed by atoms with E-state index in [1.54, 1.807) is 0 Å². The van der Waals surface area contributed by atoms with Crippen molar-refractivity contribution < 1.29 is 20.1 Å². The smallest absolute Gasteiger partial charge is 0.167 e. The van der Waals surface area contributed by atoms with Gasteiger partial charge in [-0.3, -0.25) is 4.57 Å². The van der Waals surface area contributed by atoms with Crippen LogP contribution in [-0.4, -0.2) is 59.8 Å². The van der Waals surface area contributed by atoms with E-state index in [-0.39, 0.29) is 5.82 Å². The molecular formula is C10H13N5O4. The molecule has 9 nitrogen and oxygen atoms in total. The van der Waals surface area contributed by atoms with Crippen molar-refractivity contribution >= 4 is 17.0 Å². The highest BCUT2D eigenvalue weighted by atomic mass is 16.6. The van der Waals surface area contributed by atoms with Gasteiger partial charge in [-0.05, 0) is 0 Å². The van der Waals surface area contributed by atoms with E-state index < -0.39 is 31.1 Å². The van der Waals surface area contributed by atoms with Crippen molar-refractivity contribution in [3.05, 3.63) is 12.7 Å². The quantitative estimate of drug-likeness (QED) is 0.491. The fourth-order valence-electron chi connectivity index (χ4n) is 2.17. The van der Waals surface area contributed by atoms with Crippen molar-refractivity contribution in [2.45, 2.75) is 24.5 Å². The van der Waals surface area contributed by atoms with Crippen molar-refractivity contribution in [2.75, 3.05) is 12.3 Å². The summed E-state index contributed by atoms with van der Waals surface area (Å²) >= 11 is 0. The van der Waals surface area contributed by atoms with E-state index in [4.69, 9.17) is 15.6 Å². The molecule has 19 heavy (non-hydrogen) atoms. The van der Waals surface area contributed by atoms with E-state index in [9.17, 15) is 10.2 Å². The van der Waals surface area contributed by atoms with Crippen LogP contribution >= 0.6 is 0 Å². The fraction of sp³-hybridized carbons (Fsp3) is 0.500. The normalized spacial score (nSPS) is 31.1. The molecule has 4 atom stereocenters. The third kappa shape index (κ3) is 1.75. The molecule has 0 spiro atoms. The molecule has 1 aliphatic rings. The Bertz CT molecular complexity index is 603. The molecule has 3 heterocycles. The van der Waals surface area contributed by atoms with Crippen molar-refractivity contribution in [1.29, 1.82) is 0 Å². The molecule has 0 bridgehead atoms. The molecule has 5 N–H and O–H groups in total. The van der Waals surface area contributed by atoms with E-state index in [2.05, 4.69) is 15.0 Å². The van der Waals surface area contributed by atoms with E-state index in [1.165, 1.54) is 17.2 Å². The van der Waals surface area contributed by atoms with Crippen molar-refractivity contribution in [2.24, 2.45) is 0 Å². The van der Waals surface area contributed by atoms with E-state index in [0.29, 0.717) is 11.2 Å². The van der Waals surface area contributed by atoms with Crippen LogP contribution in [0.4, 0.5) is 5.82 Å². The maximum Gasteiger partial charge on any atom is 0.167 e. The zero-order valence-electron chi connectivity index (χ0n) is 9.79. The number of ether oxygens (including phenoxy) is 1. The zero-order chi connectivity index (χ0) is 13.6. The molecule has 0 unspecified atom stereocenters. The van der Waals surface area contributed by atoms with Crippen molar-refractivity contribution in [1.82, 2.24) is 19.5 Å². The number of nitrogens with two attached hydrogens (primary N) is 1. The van der Waals surface area contributed by atoms with Crippen LogP contribution < -0.4 is 5.73 Å². The molecule has 0 aliphatic carbocycles. The van der Waals surface area contributed by atoms with Gasteiger partial charge in [-0.25, -0.2) is 15.0 Å². The van der Waals surface area contributed by atoms with Gasteiger partial charge in [0.25, 0.3) is 0 Å². The second-order valence-electron chi connectivity index (χ2n) is 4.31. The van der Waals surface area contributed by atoms with Gasteiger partial charge in [0.05, 0.1) is 12.9 Å². The summed E-state index contributed by atoms with van der Waals surface area (Å²) in [5.41, 5.74) is 6.44. The SMILES string of the molecule is Nc1ncnc2c1ncn2[C@H]1O[C@H](CO)[C@@H](O)[C@H]1O. The Morgan fingerprint density at radius 1 is 1.26 bits per heavy atom. The molecule has 9 heteroatoms. The van der Waals surface area contributed by atoms with Crippen LogP contribution in [0.2, 0.25) is 0 Å². The molecule has 0 amide bonds. The van der Waals surface area contributed by atoms with Gasteiger partial charge in [-0.1, -0.05) is 0 Å². The summed E-state index contributed by atoms with van der Waals surface area (Å²) in [6, 6.07) is 0. The van der Waals surface area contributed by atoms with Crippen LogP contribution in [0.3, 0.4) is 0 Å². The Hall–Kier alpha value is -1.81. The maximum absolute atomic E-state index is 9.95. The first-order valence-electron chi connectivity index (χ1n) is 5.69. The Morgan fingerprint density at radius 3 is 2.74 bits per heavy atom. The molecule has 1 fully saturated rings. The van der Waals surface area contributed by atoms with Crippen molar-refractivity contribution in [3.8, 4) is 0 Å². The standard InChI is InChI=1S/C10H13N5O4/c11-8-5-9(13-2-12-8)15(3-14-5)10-7(18)6(17)4(1-16)19-10/h2-4,6-7,10,16-18H,1H2,(H2,11,12,13)/t4-,6-,7-,10+/m1/s1. The van der Waals surface area contributed by atoms with Crippen molar-refractivity contribution in [3.63, 3.8) is 0 Å². The lowest BCUT2D eigenvalue weighted by Gasteiger charge is -2.16. The number of aliphatic hydroxyl groups excluding tert-OH is 3. The van der Waals surface area contributed by atoms with Crippen LogP contribution in [0.1, 0.15) is 6.23 Å². The molecule has 1 aliphatic heterocycles. The summed E-state index contributed by atoms with van der Waals surface area (Å²) in [5, 5.41) is 28.7. The first-order valence-corrected chi connectivity index (χ1v) is 5.69. The van der Waals surface area contributed by atoms with Gasteiger partial charge in [0, 0.05) is 0 Å². The molecule has 0 aromatic carbocycles. The van der Waals surface area contributed by atoms with Crippen LogP contribution in [0.15, 0.2) is 12.7 Å². The number of aliphatic hydroxyl groups is 3. The van der Waals surface area contributed by atoms with Crippen LogP contribution in [-0.2, 0) is 4.74 Å². The van der Waals surface area contributed by atoms with Gasteiger partial charge >= 0.3 is 0 Å². The summed E-state index contributed by atoms with van der Waals surface area (Å²) in [6.45, 7) is -0.390. The Balaban J connectivity index is 2.04. The highest BCUT2D eigenvalue weighted by Crippen LogP contribution is 2.31. The summed E-state index contributed by atoms with van der Waals surface area (Å²) < 4.78 is 6.85. The lowest BCUT2D eigenvalue weighted by atomic mass is 10.1. The predicted molar refractivity (Wildman–Crippen MR) is 62.7 cm³/mol. The molecule has 0 radical (unpaired) electrons. The first kappa shape index (κ1) is 12.2. The van der Waals surface area contributed by atoms with Gasteiger partial charge in [0.2, 0.25) is 0 Å². The summed E-state index contributed by atoms with van der Waals surface area (Å²) in [7, 11) is 0. The second kappa shape index (κ2) is 4.38. The number of nitrogens with zero attached hydrogens (tertiary/aromatic N) is 4. The lowest BCUT2D eigenvalue weighted by molar-refractivity contribution is -0.0511. The molecule has 102 valence electrons. The zero-order valence-corrected chi connectivity index (χ0v) is 9.79. The highest BCUT2D eigenvalue weighted by Gasteiger charge is 2.43. The molecule has 2 aromatic rings. The van der Waals surface area contributed by atoms with Crippen LogP contribution in [0.5, 0.6) is 0 Å². The van der Waals surface area contributed by atoms with E-state index in [1.807, 2.05) is 0 Å². The fourth-order valence-corrected chi connectivity index (χ4v) is 2.17. The van der Waals surface area contributed by atoms with Gasteiger partial charge in [0.1, 0.15) is 30.2 Å². The molecule has 3 rings (SSSR count). The van der Waals surface area contributed by atoms with Gasteiger partial charge in [-0.2, -0.15) is 0 Å². The van der Waals surface area contributed by atoms with Crippen LogP contribution in [0, 0.1) is 0 Å². The number of fused-ring (bicyclic) bond motifs is 1. The Kier molecular flexibility index (Phi) is 2.82. The Morgan fingerprint density at radius 2 is 2.05 bits per heavy atom. The van der Waals surface area contributed by atoms with Gasteiger partial charge in [0.15, 0.2) is 17.7 Å². The first-order chi connectivity index (χ1) is 9.13. The molecule has 1 saturated heterocycles. The number of imidazole rings is 1. The number of aromatic nitrogens is 4. The average Bonchev–Trinajstić information content (AvgIpc) is 2.94. The number of hydrogen-bond donors (Lipinski definition) is 4. The number of anilines is 1. The third-order valence-corrected chi connectivity index (χ3v) is 3.18. The monoisotopic (exact) mass is 267 g/mol. The minimum Gasteiger partial charge on any atom is -0.394 e. The number of rotatable bonds is 2. The van der Waals surface area contributed by atoms with E-state index >= 15 is 0 Å². The van der Waals surface area contributed by atoms with Gasteiger partial charge in [-0.15, -0.1) is 0 Å². The summed E-state index contributed by atoms with van der Waals surface area (Å²) in [5.74, 6) is 0.218. The molecule has 2 aromatic heterocycles. The highest BCUT2D eigenvalue weighted by molar-refractivity contribution is 5.81. The van der Waals surface area contributed by atoms with E-state index in [0.717, 1.165) is 0 Å². The topological polar surface area (TPSA) is 140 Å². The average molecular weight is 267 g/mol. The van der Waals surface area contributed by atoms with Gasteiger partial charge < -0.3 is 25.8 Å². The Labute approximate surface area is 107 Å². The summed E-state index contributed by atoms with van der Waals surface area (Å²) in [6.07, 6.45) is -1.42. The molecular weight excluding hydrogens is 254 g/mol. The third-order valence-electron chi connectivity index (χ3n) is 3.18. The minimum absolute atomic E-state index is 0.218. The summed E-state index contributed by atoms with van der Waals surface area (Å²) in [4.78, 5) is 11.9. The maximum atomic E-state index is 9.95. The largest absolute Gasteiger partial charge is 0.394 e. The number of nitrogen functional groups attached to an aromatic ring is 1. The lowest BCUT2D eigenvalue weighted by Crippen LogP contribution is -2.33. The van der Waals surface area contributed by atoms with Crippen LogP contribution in [0.25, 0.3) is 11.2 Å². The predicted octanol–water partition coefficient (Wildman–Crippen LogP) is -1.98. The minimum atomic E-state index is -1.19. The number of hydrogen-bond acceptors (Lipinski definition) is 8. The molecule has 0 saturated carbocycles. The second-order valence-corrected chi connectivity index (χ2v) is 4.31.